The van der Waals surface area contributed by atoms with Crippen LogP contribution < -0.4 is 11.1 Å². The third kappa shape index (κ3) is 3.64. The summed E-state index contributed by atoms with van der Waals surface area (Å²) in [5, 5.41) is 2.81. The SMILES string of the molecule is Cc1cccnc1NC(=O)C(C)Sc1ncnc(N)n1. The molecule has 1 unspecified atom stereocenters. The molecule has 0 spiro atoms. The summed E-state index contributed by atoms with van der Waals surface area (Å²) in [6.45, 7) is 3.64. The quantitative estimate of drug-likeness (QED) is 0.817. The molecule has 0 aliphatic rings. The minimum atomic E-state index is -0.377. The molecule has 2 heterocycles. The summed E-state index contributed by atoms with van der Waals surface area (Å²) < 4.78 is 0. The molecular weight excluding hydrogens is 276 g/mol. The van der Waals surface area contributed by atoms with E-state index in [1.54, 1.807) is 13.1 Å². The van der Waals surface area contributed by atoms with Crippen molar-refractivity contribution in [2.24, 2.45) is 0 Å². The lowest BCUT2D eigenvalue weighted by atomic mass is 10.3. The summed E-state index contributed by atoms with van der Waals surface area (Å²) in [5.74, 6) is 0.520. The van der Waals surface area contributed by atoms with Crippen molar-refractivity contribution >= 4 is 29.4 Å². The van der Waals surface area contributed by atoms with Crippen LogP contribution in [0.3, 0.4) is 0 Å². The zero-order valence-corrected chi connectivity index (χ0v) is 11.9. The second-order valence-corrected chi connectivity index (χ2v) is 5.35. The minimum absolute atomic E-state index is 0.135. The first-order valence-corrected chi connectivity index (χ1v) is 6.78. The molecule has 8 heteroatoms. The topological polar surface area (TPSA) is 107 Å². The number of pyridine rings is 1. The predicted molar refractivity (Wildman–Crippen MR) is 77.2 cm³/mol. The van der Waals surface area contributed by atoms with Crippen molar-refractivity contribution in [2.75, 3.05) is 11.1 Å². The van der Waals surface area contributed by atoms with E-state index in [4.69, 9.17) is 5.73 Å². The smallest absolute Gasteiger partial charge is 0.238 e. The van der Waals surface area contributed by atoms with Gasteiger partial charge in [-0.15, -0.1) is 0 Å². The molecule has 0 aliphatic heterocycles. The van der Waals surface area contributed by atoms with Gasteiger partial charge >= 0.3 is 0 Å². The average molecular weight is 290 g/mol. The molecule has 2 aromatic rings. The van der Waals surface area contributed by atoms with Crippen molar-refractivity contribution < 1.29 is 4.79 Å². The Kier molecular flexibility index (Phi) is 4.46. The molecule has 1 atom stereocenters. The molecule has 2 aromatic heterocycles. The van der Waals surface area contributed by atoms with E-state index in [2.05, 4.69) is 25.3 Å². The van der Waals surface area contributed by atoms with Gasteiger partial charge in [0, 0.05) is 6.20 Å². The molecule has 104 valence electrons. The summed E-state index contributed by atoms with van der Waals surface area (Å²) in [7, 11) is 0. The van der Waals surface area contributed by atoms with Crippen LogP contribution in [0.15, 0.2) is 29.8 Å². The van der Waals surface area contributed by atoms with Gasteiger partial charge in [-0.05, 0) is 25.5 Å². The van der Waals surface area contributed by atoms with Crippen LogP contribution in [-0.2, 0) is 4.79 Å². The van der Waals surface area contributed by atoms with Crippen LogP contribution in [0.5, 0.6) is 0 Å². The molecule has 0 radical (unpaired) electrons. The molecule has 0 saturated carbocycles. The number of thioether (sulfide) groups is 1. The zero-order chi connectivity index (χ0) is 14.5. The molecule has 7 nitrogen and oxygen atoms in total. The number of carbonyl (C=O) groups is 1. The maximum Gasteiger partial charge on any atom is 0.238 e. The number of amides is 1. The van der Waals surface area contributed by atoms with E-state index in [0.717, 1.165) is 5.56 Å². The van der Waals surface area contributed by atoms with Crippen molar-refractivity contribution in [1.29, 1.82) is 0 Å². The summed E-state index contributed by atoms with van der Waals surface area (Å²) in [4.78, 5) is 27.8. The van der Waals surface area contributed by atoms with Gasteiger partial charge in [0.15, 0.2) is 5.16 Å². The monoisotopic (exact) mass is 290 g/mol. The number of nitrogens with two attached hydrogens (primary N) is 1. The number of nitrogens with one attached hydrogen (secondary N) is 1. The second kappa shape index (κ2) is 6.29. The van der Waals surface area contributed by atoms with Gasteiger partial charge in [0.1, 0.15) is 12.1 Å². The Morgan fingerprint density at radius 1 is 1.40 bits per heavy atom. The number of nitrogen functional groups attached to an aromatic ring is 1. The van der Waals surface area contributed by atoms with Gasteiger partial charge in [-0.25, -0.2) is 15.0 Å². The molecule has 0 fully saturated rings. The van der Waals surface area contributed by atoms with Crippen LogP contribution in [0.25, 0.3) is 0 Å². The van der Waals surface area contributed by atoms with Crippen molar-refractivity contribution in [2.45, 2.75) is 24.3 Å². The fourth-order valence-electron chi connectivity index (χ4n) is 1.40. The van der Waals surface area contributed by atoms with Crippen LogP contribution in [0.4, 0.5) is 11.8 Å². The van der Waals surface area contributed by atoms with Crippen LogP contribution in [0.1, 0.15) is 12.5 Å². The normalized spacial score (nSPS) is 11.9. The third-order valence-corrected chi connectivity index (χ3v) is 3.45. The number of rotatable bonds is 4. The highest BCUT2D eigenvalue weighted by Crippen LogP contribution is 2.20. The van der Waals surface area contributed by atoms with Gasteiger partial charge in [0.05, 0.1) is 5.25 Å². The third-order valence-electron chi connectivity index (χ3n) is 2.47. The fraction of sp³-hybridized carbons (Fsp3) is 0.250. The Morgan fingerprint density at radius 3 is 2.90 bits per heavy atom. The highest BCUT2D eigenvalue weighted by molar-refractivity contribution is 8.00. The molecule has 1 amide bonds. The van der Waals surface area contributed by atoms with Crippen molar-refractivity contribution in [3.63, 3.8) is 0 Å². The average Bonchev–Trinajstić information content (AvgIpc) is 2.41. The first kappa shape index (κ1) is 14.2. The predicted octanol–water partition coefficient (Wildman–Crippen LogP) is 1.28. The lowest BCUT2D eigenvalue weighted by Gasteiger charge is -2.11. The summed E-state index contributed by atoms with van der Waals surface area (Å²) in [6, 6.07) is 3.70. The number of aromatic nitrogens is 4. The van der Waals surface area contributed by atoms with E-state index in [9.17, 15) is 4.79 Å². The summed E-state index contributed by atoms with van der Waals surface area (Å²) >= 11 is 1.21. The first-order valence-electron chi connectivity index (χ1n) is 5.90. The van der Waals surface area contributed by atoms with E-state index in [1.807, 2.05) is 19.1 Å². The van der Waals surface area contributed by atoms with Gasteiger partial charge in [0.2, 0.25) is 11.9 Å². The van der Waals surface area contributed by atoms with Crippen LogP contribution in [0, 0.1) is 6.92 Å². The van der Waals surface area contributed by atoms with Gasteiger partial charge < -0.3 is 11.1 Å². The van der Waals surface area contributed by atoms with Crippen LogP contribution in [0.2, 0.25) is 0 Å². The number of nitrogens with zero attached hydrogens (tertiary/aromatic N) is 4. The number of anilines is 2. The molecule has 2 rings (SSSR count). The second-order valence-electron chi connectivity index (χ2n) is 4.04. The first-order chi connectivity index (χ1) is 9.56. The highest BCUT2D eigenvalue weighted by Gasteiger charge is 2.17. The maximum absolute atomic E-state index is 12.1. The summed E-state index contributed by atoms with van der Waals surface area (Å²) in [5.41, 5.74) is 6.37. The van der Waals surface area contributed by atoms with Crippen molar-refractivity contribution in [1.82, 2.24) is 19.9 Å². The van der Waals surface area contributed by atoms with E-state index in [0.29, 0.717) is 11.0 Å². The van der Waals surface area contributed by atoms with Crippen molar-refractivity contribution in [3.05, 3.63) is 30.2 Å². The van der Waals surface area contributed by atoms with Crippen LogP contribution >= 0.6 is 11.8 Å². The minimum Gasteiger partial charge on any atom is -0.368 e. The molecule has 0 bridgehead atoms. The molecular formula is C12H14N6OS. The number of hydrogen-bond acceptors (Lipinski definition) is 7. The largest absolute Gasteiger partial charge is 0.368 e. The molecule has 0 aliphatic carbocycles. The molecule has 0 aromatic carbocycles. The number of carbonyl (C=O) groups excluding carboxylic acids is 1. The summed E-state index contributed by atoms with van der Waals surface area (Å²) in [6.07, 6.45) is 2.95. The maximum atomic E-state index is 12.1. The standard InChI is InChI=1S/C12H14N6OS/c1-7-4-3-5-14-9(7)17-10(19)8(2)20-12-16-6-15-11(13)18-12/h3-6,8H,1-2H3,(H,14,17,19)(H2,13,15,16,18). The zero-order valence-electron chi connectivity index (χ0n) is 11.1. The van der Waals surface area contributed by atoms with Gasteiger partial charge in [-0.3, -0.25) is 4.79 Å². The molecule has 0 saturated heterocycles. The number of hydrogen-bond donors (Lipinski definition) is 2. The van der Waals surface area contributed by atoms with Gasteiger partial charge in [-0.2, -0.15) is 4.98 Å². The van der Waals surface area contributed by atoms with Gasteiger partial charge in [0.25, 0.3) is 0 Å². The van der Waals surface area contributed by atoms with Gasteiger partial charge in [-0.1, -0.05) is 17.8 Å². The highest BCUT2D eigenvalue weighted by atomic mass is 32.2. The Morgan fingerprint density at radius 2 is 2.20 bits per heavy atom. The van der Waals surface area contributed by atoms with E-state index in [-0.39, 0.29) is 17.1 Å². The van der Waals surface area contributed by atoms with E-state index >= 15 is 0 Å². The van der Waals surface area contributed by atoms with E-state index < -0.39 is 0 Å². The Labute approximate surface area is 120 Å². The van der Waals surface area contributed by atoms with E-state index in [1.165, 1.54) is 18.1 Å². The molecule has 20 heavy (non-hydrogen) atoms. The Hall–Kier alpha value is -2.22. The lowest BCUT2D eigenvalue weighted by Crippen LogP contribution is -2.23. The lowest BCUT2D eigenvalue weighted by molar-refractivity contribution is -0.115. The Bertz CT molecular complexity index is 620. The fourth-order valence-corrected chi connectivity index (χ4v) is 2.13. The molecule has 3 N–H and O–H groups in total. The van der Waals surface area contributed by atoms with Crippen molar-refractivity contribution in [3.8, 4) is 0 Å². The van der Waals surface area contributed by atoms with Crippen LogP contribution in [-0.4, -0.2) is 31.1 Å². The number of aryl methyl sites for hydroxylation is 1. The Balaban J connectivity index is 2.01.